The molecule has 4 aliphatic carbocycles. The van der Waals surface area contributed by atoms with Crippen LogP contribution in [0.15, 0.2) is 30.3 Å². The molecule has 1 atom stereocenters. The minimum Gasteiger partial charge on any atom is -0.273 e. The average Bonchev–Trinajstić information content (AvgIpc) is 2.59. The molecule has 4 bridgehead atoms. The quantitative estimate of drug-likeness (QED) is 0.824. The summed E-state index contributed by atoms with van der Waals surface area (Å²) in [5.74, 6) is 2.25. The molecule has 2 N–H and O–H groups in total. The molecule has 1 aromatic rings. The second-order valence-corrected chi connectivity index (χ2v) is 8.72. The highest BCUT2D eigenvalue weighted by molar-refractivity contribution is 5.86. The van der Waals surface area contributed by atoms with E-state index in [2.05, 4.69) is 10.9 Å². The van der Waals surface area contributed by atoms with Gasteiger partial charge < -0.3 is 0 Å². The Balaban J connectivity index is 1.31. The Hall–Kier alpha value is -1.84. The van der Waals surface area contributed by atoms with Gasteiger partial charge in [-0.15, -0.1) is 0 Å². The summed E-state index contributed by atoms with van der Waals surface area (Å²) in [6.45, 7) is 2.04. The van der Waals surface area contributed by atoms with Crippen LogP contribution in [0.25, 0.3) is 0 Å². The molecule has 4 aliphatic rings. The first-order chi connectivity index (χ1) is 12.0. The maximum absolute atomic E-state index is 12.8. The normalized spacial score (nSPS) is 33.7. The summed E-state index contributed by atoms with van der Waals surface area (Å²) in [6.07, 6.45) is 7.36. The van der Waals surface area contributed by atoms with E-state index in [4.69, 9.17) is 0 Å². The predicted octanol–water partition coefficient (Wildman–Crippen LogP) is 3.54. The molecule has 4 nitrogen and oxygen atoms in total. The van der Waals surface area contributed by atoms with Crippen LogP contribution >= 0.6 is 0 Å². The number of hydrazine groups is 1. The van der Waals surface area contributed by atoms with Crippen LogP contribution in [-0.2, 0) is 9.59 Å². The van der Waals surface area contributed by atoms with Crippen molar-refractivity contribution in [2.45, 2.75) is 57.8 Å². The lowest BCUT2D eigenvalue weighted by atomic mass is 9.49. The van der Waals surface area contributed by atoms with Crippen molar-refractivity contribution in [1.29, 1.82) is 0 Å². The Morgan fingerprint density at radius 2 is 1.56 bits per heavy atom. The van der Waals surface area contributed by atoms with Crippen molar-refractivity contribution in [1.82, 2.24) is 10.9 Å². The Labute approximate surface area is 149 Å². The topological polar surface area (TPSA) is 58.2 Å². The fraction of sp³-hybridized carbons (Fsp3) is 0.619. The summed E-state index contributed by atoms with van der Waals surface area (Å²) >= 11 is 0. The van der Waals surface area contributed by atoms with E-state index < -0.39 is 0 Å². The SMILES string of the molecule is C[C@@H](CC(=O)NNC(=O)C12CC3CC(CC(C3)C1)C2)c1ccccc1. The molecule has 25 heavy (non-hydrogen) atoms. The highest BCUT2D eigenvalue weighted by Gasteiger charge is 2.54. The molecule has 0 heterocycles. The molecular formula is C21H28N2O2. The van der Waals surface area contributed by atoms with E-state index in [1.807, 2.05) is 37.3 Å². The van der Waals surface area contributed by atoms with E-state index >= 15 is 0 Å². The van der Waals surface area contributed by atoms with Crippen molar-refractivity contribution < 1.29 is 9.59 Å². The van der Waals surface area contributed by atoms with Crippen LogP contribution in [0.1, 0.15) is 63.4 Å². The van der Waals surface area contributed by atoms with Crippen LogP contribution in [0, 0.1) is 23.2 Å². The van der Waals surface area contributed by atoms with Crippen molar-refractivity contribution in [3.63, 3.8) is 0 Å². The van der Waals surface area contributed by atoms with Crippen LogP contribution in [-0.4, -0.2) is 11.8 Å². The fourth-order valence-electron chi connectivity index (χ4n) is 5.88. The van der Waals surface area contributed by atoms with Gasteiger partial charge in [0.25, 0.3) is 0 Å². The van der Waals surface area contributed by atoms with Gasteiger partial charge in [0.15, 0.2) is 0 Å². The number of nitrogens with one attached hydrogen (secondary N) is 2. The van der Waals surface area contributed by atoms with Gasteiger partial charge in [0.05, 0.1) is 5.41 Å². The molecule has 4 heteroatoms. The molecule has 0 spiro atoms. The second-order valence-electron chi connectivity index (χ2n) is 8.72. The Bertz CT molecular complexity index is 620. The van der Waals surface area contributed by atoms with Gasteiger partial charge in [-0.1, -0.05) is 37.3 Å². The molecule has 4 fully saturated rings. The number of benzene rings is 1. The van der Waals surface area contributed by atoms with Gasteiger partial charge in [-0.3, -0.25) is 20.4 Å². The molecule has 134 valence electrons. The monoisotopic (exact) mass is 340 g/mol. The third-order valence-electron chi connectivity index (χ3n) is 6.70. The molecular weight excluding hydrogens is 312 g/mol. The fourth-order valence-corrected chi connectivity index (χ4v) is 5.88. The third-order valence-corrected chi connectivity index (χ3v) is 6.70. The minimum absolute atomic E-state index is 0.0484. The lowest BCUT2D eigenvalue weighted by Gasteiger charge is -2.55. The third kappa shape index (κ3) is 3.31. The first kappa shape index (κ1) is 16.6. The molecule has 0 radical (unpaired) electrons. The summed E-state index contributed by atoms with van der Waals surface area (Å²) in [5.41, 5.74) is 6.36. The van der Waals surface area contributed by atoms with E-state index in [1.54, 1.807) is 0 Å². The van der Waals surface area contributed by atoms with E-state index in [1.165, 1.54) is 19.3 Å². The van der Waals surface area contributed by atoms with Crippen LogP contribution < -0.4 is 10.9 Å². The van der Waals surface area contributed by atoms with Gasteiger partial charge in [-0.25, -0.2) is 0 Å². The van der Waals surface area contributed by atoms with E-state index in [0.29, 0.717) is 6.42 Å². The Morgan fingerprint density at radius 1 is 1.00 bits per heavy atom. The molecule has 2 amide bonds. The molecule has 5 rings (SSSR count). The molecule has 0 aromatic heterocycles. The standard InChI is InChI=1S/C21H28N2O2/c1-14(18-5-3-2-4-6-18)7-19(24)22-23-20(25)21-11-15-8-16(12-21)10-17(9-15)13-21/h2-6,14-17H,7-13H2,1H3,(H,22,24)(H,23,25)/t14-,15?,16?,17?,21?/m0/s1. The van der Waals surface area contributed by atoms with Crippen molar-refractivity contribution >= 4 is 11.8 Å². The number of carbonyl (C=O) groups is 2. The van der Waals surface area contributed by atoms with Gasteiger partial charge in [0.1, 0.15) is 0 Å². The van der Waals surface area contributed by atoms with Crippen molar-refractivity contribution in [3.8, 4) is 0 Å². The lowest BCUT2D eigenvalue weighted by molar-refractivity contribution is -0.149. The zero-order valence-electron chi connectivity index (χ0n) is 15.0. The maximum Gasteiger partial charge on any atom is 0.244 e. The summed E-state index contributed by atoms with van der Waals surface area (Å²) < 4.78 is 0. The Kier molecular flexibility index (Phi) is 4.30. The highest BCUT2D eigenvalue weighted by atomic mass is 16.2. The summed E-state index contributed by atoms with van der Waals surface area (Å²) in [6, 6.07) is 10.0. The van der Waals surface area contributed by atoms with Crippen LogP contribution in [0.2, 0.25) is 0 Å². The van der Waals surface area contributed by atoms with Gasteiger partial charge in [0.2, 0.25) is 11.8 Å². The highest BCUT2D eigenvalue weighted by Crippen LogP contribution is 2.60. The first-order valence-corrected chi connectivity index (χ1v) is 9.68. The second kappa shape index (κ2) is 6.47. The first-order valence-electron chi connectivity index (χ1n) is 9.68. The van der Waals surface area contributed by atoms with E-state index in [0.717, 1.165) is 42.6 Å². The minimum atomic E-state index is -0.215. The van der Waals surface area contributed by atoms with Gasteiger partial charge in [-0.05, 0) is 67.8 Å². The largest absolute Gasteiger partial charge is 0.273 e. The average molecular weight is 340 g/mol. The van der Waals surface area contributed by atoms with Crippen molar-refractivity contribution in [2.24, 2.45) is 23.2 Å². The number of rotatable bonds is 4. The van der Waals surface area contributed by atoms with Gasteiger partial charge in [0, 0.05) is 6.42 Å². The smallest absolute Gasteiger partial charge is 0.244 e. The molecule has 0 aliphatic heterocycles. The summed E-state index contributed by atoms with van der Waals surface area (Å²) in [4.78, 5) is 25.1. The van der Waals surface area contributed by atoms with E-state index in [-0.39, 0.29) is 23.1 Å². The van der Waals surface area contributed by atoms with E-state index in [9.17, 15) is 9.59 Å². The molecule has 0 saturated heterocycles. The van der Waals surface area contributed by atoms with Gasteiger partial charge in [-0.2, -0.15) is 0 Å². The van der Waals surface area contributed by atoms with Crippen molar-refractivity contribution in [2.75, 3.05) is 0 Å². The zero-order chi connectivity index (χ0) is 17.4. The number of hydrogen-bond acceptors (Lipinski definition) is 2. The predicted molar refractivity (Wildman–Crippen MR) is 96.4 cm³/mol. The number of carbonyl (C=O) groups excluding carboxylic acids is 2. The van der Waals surface area contributed by atoms with Gasteiger partial charge >= 0.3 is 0 Å². The van der Waals surface area contributed by atoms with Crippen LogP contribution in [0.4, 0.5) is 0 Å². The number of hydrogen-bond donors (Lipinski definition) is 2. The zero-order valence-corrected chi connectivity index (χ0v) is 15.0. The van der Waals surface area contributed by atoms with Crippen molar-refractivity contribution in [3.05, 3.63) is 35.9 Å². The Morgan fingerprint density at radius 3 is 2.12 bits per heavy atom. The molecule has 1 aromatic carbocycles. The summed E-state index contributed by atoms with van der Waals surface area (Å²) in [5, 5.41) is 0. The summed E-state index contributed by atoms with van der Waals surface area (Å²) in [7, 11) is 0. The molecule has 4 saturated carbocycles. The number of amides is 2. The van der Waals surface area contributed by atoms with Crippen LogP contribution in [0.5, 0.6) is 0 Å². The lowest BCUT2D eigenvalue weighted by Crippen LogP contribution is -2.56. The maximum atomic E-state index is 12.8. The molecule has 0 unspecified atom stereocenters. The van der Waals surface area contributed by atoms with Crippen LogP contribution in [0.3, 0.4) is 0 Å².